The average molecular weight is 421 g/mol. The highest BCUT2D eigenvalue weighted by molar-refractivity contribution is 5.79. The van der Waals surface area contributed by atoms with Gasteiger partial charge in [-0.05, 0) is 60.9 Å². The fraction of sp³-hybridized carbons (Fsp3) is 0.462. The molecule has 2 aromatic carbocycles. The monoisotopic (exact) mass is 420 g/mol. The number of rotatable bonds is 7. The molecule has 2 amide bonds. The maximum Gasteiger partial charge on any atom is 0.258 e. The van der Waals surface area contributed by atoms with Crippen LogP contribution in [0.5, 0.6) is 5.75 Å². The van der Waals surface area contributed by atoms with Crippen LogP contribution in [0.4, 0.5) is 0 Å². The molecule has 0 saturated heterocycles. The highest BCUT2D eigenvalue weighted by Crippen LogP contribution is 2.38. The van der Waals surface area contributed by atoms with Gasteiger partial charge in [0.15, 0.2) is 6.61 Å². The van der Waals surface area contributed by atoms with Crippen LogP contribution in [0, 0.1) is 12.8 Å². The topological polar surface area (TPSA) is 58.6 Å². The predicted molar refractivity (Wildman–Crippen MR) is 121 cm³/mol. The number of hydrogen-bond donors (Lipinski definition) is 1. The lowest BCUT2D eigenvalue weighted by molar-refractivity contribution is -0.134. The molecule has 164 valence electrons. The minimum atomic E-state index is -0.139. The van der Waals surface area contributed by atoms with Crippen molar-refractivity contribution in [3.8, 4) is 5.75 Å². The molecule has 4 rings (SSSR count). The number of ether oxygens (including phenoxy) is 1. The summed E-state index contributed by atoms with van der Waals surface area (Å²) in [5.74, 6) is 1.08. The molecule has 1 atom stereocenters. The lowest BCUT2D eigenvalue weighted by atomic mass is 9.87. The third kappa shape index (κ3) is 5.27. The first-order valence-electron chi connectivity index (χ1n) is 11.3. The Balaban J connectivity index is 1.61. The van der Waals surface area contributed by atoms with E-state index in [1.165, 1.54) is 11.1 Å². The van der Waals surface area contributed by atoms with Gasteiger partial charge in [-0.1, -0.05) is 49.7 Å². The molecule has 0 spiro atoms. The number of nitrogens with zero attached hydrogens (tertiary/aromatic N) is 1. The number of hydrogen-bond acceptors (Lipinski definition) is 3. The number of amides is 2. The van der Waals surface area contributed by atoms with Crippen molar-refractivity contribution in [3.63, 3.8) is 0 Å². The molecular formula is C26H32N2O3. The van der Waals surface area contributed by atoms with Crippen LogP contribution < -0.4 is 10.1 Å². The largest absolute Gasteiger partial charge is 0.484 e. The zero-order valence-electron chi connectivity index (χ0n) is 18.7. The van der Waals surface area contributed by atoms with E-state index in [0.717, 1.165) is 30.4 Å². The van der Waals surface area contributed by atoms with Crippen LogP contribution in [0.15, 0.2) is 42.5 Å². The van der Waals surface area contributed by atoms with Gasteiger partial charge >= 0.3 is 0 Å². The van der Waals surface area contributed by atoms with Crippen molar-refractivity contribution < 1.29 is 14.3 Å². The zero-order valence-corrected chi connectivity index (χ0v) is 18.7. The van der Waals surface area contributed by atoms with Gasteiger partial charge < -0.3 is 15.0 Å². The Hall–Kier alpha value is -2.82. The Bertz CT molecular complexity index is 948. The van der Waals surface area contributed by atoms with Gasteiger partial charge in [0.05, 0.1) is 6.04 Å². The van der Waals surface area contributed by atoms with Crippen molar-refractivity contribution in [1.82, 2.24) is 10.2 Å². The van der Waals surface area contributed by atoms with Crippen molar-refractivity contribution in [2.75, 3.05) is 13.2 Å². The third-order valence-corrected chi connectivity index (χ3v) is 5.95. The summed E-state index contributed by atoms with van der Waals surface area (Å²) in [4.78, 5) is 27.2. The molecule has 1 N–H and O–H groups in total. The molecule has 0 radical (unpaired) electrons. The summed E-state index contributed by atoms with van der Waals surface area (Å²) in [6.07, 6.45) is 3.48. The maximum atomic E-state index is 13.1. The smallest absolute Gasteiger partial charge is 0.258 e. The first kappa shape index (κ1) is 21.4. The lowest BCUT2D eigenvalue weighted by Gasteiger charge is -2.38. The van der Waals surface area contributed by atoms with Gasteiger partial charge in [0, 0.05) is 19.0 Å². The molecule has 0 bridgehead atoms. The Labute approximate surface area is 184 Å². The van der Waals surface area contributed by atoms with Crippen molar-refractivity contribution in [2.45, 2.75) is 58.5 Å². The summed E-state index contributed by atoms with van der Waals surface area (Å²) >= 11 is 0. The van der Waals surface area contributed by atoms with Crippen LogP contribution in [0.1, 0.15) is 61.4 Å². The number of fused-ring (bicyclic) bond motifs is 1. The number of benzene rings is 2. The summed E-state index contributed by atoms with van der Waals surface area (Å²) in [7, 11) is 0. The van der Waals surface area contributed by atoms with Gasteiger partial charge in [0.2, 0.25) is 5.91 Å². The van der Waals surface area contributed by atoms with E-state index < -0.39 is 0 Å². The highest BCUT2D eigenvalue weighted by atomic mass is 16.5. The van der Waals surface area contributed by atoms with Crippen LogP contribution in [0.3, 0.4) is 0 Å². The molecule has 1 aliphatic heterocycles. The van der Waals surface area contributed by atoms with Crippen LogP contribution in [-0.2, 0) is 16.0 Å². The van der Waals surface area contributed by atoms with E-state index in [-0.39, 0.29) is 24.5 Å². The highest BCUT2D eigenvalue weighted by Gasteiger charge is 2.32. The standard InChI is InChI=1S/C26H32N2O3/c1-17(2)14-25(30)28-13-12-19-8-11-22(31-16-24(29)27-21-9-10-21)15-23(19)26(28)20-6-4-18(3)5-7-20/h4-8,11,15,17,21,26H,9-10,12-14,16H2,1-3H3,(H,27,29). The van der Waals surface area contributed by atoms with Crippen molar-refractivity contribution >= 4 is 11.8 Å². The van der Waals surface area contributed by atoms with Crippen LogP contribution in [-0.4, -0.2) is 35.9 Å². The van der Waals surface area contributed by atoms with Gasteiger partial charge in [0.1, 0.15) is 5.75 Å². The van der Waals surface area contributed by atoms with Gasteiger partial charge in [-0.2, -0.15) is 0 Å². The first-order valence-corrected chi connectivity index (χ1v) is 11.3. The van der Waals surface area contributed by atoms with E-state index in [4.69, 9.17) is 4.74 Å². The summed E-state index contributed by atoms with van der Waals surface area (Å²) in [6.45, 7) is 6.95. The van der Waals surface area contributed by atoms with Gasteiger partial charge in [-0.15, -0.1) is 0 Å². The Morgan fingerprint density at radius 3 is 2.55 bits per heavy atom. The molecule has 1 aliphatic carbocycles. The molecule has 1 fully saturated rings. The molecular weight excluding hydrogens is 388 g/mol. The quantitative estimate of drug-likeness (QED) is 0.731. The summed E-state index contributed by atoms with van der Waals surface area (Å²) in [6, 6.07) is 14.6. The summed E-state index contributed by atoms with van der Waals surface area (Å²) < 4.78 is 5.81. The second-order valence-electron chi connectivity index (χ2n) is 9.24. The van der Waals surface area contributed by atoms with Crippen LogP contribution >= 0.6 is 0 Å². The van der Waals surface area contributed by atoms with Gasteiger partial charge in [-0.25, -0.2) is 0 Å². The number of carbonyl (C=O) groups is 2. The van der Waals surface area contributed by atoms with E-state index in [1.54, 1.807) is 0 Å². The summed E-state index contributed by atoms with van der Waals surface area (Å²) in [5.41, 5.74) is 4.62. The zero-order chi connectivity index (χ0) is 22.0. The predicted octanol–water partition coefficient (Wildman–Crippen LogP) is 4.17. The molecule has 2 aromatic rings. The third-order valence-electron chi connectivity index (χ3n) is 5.95. The Morgan fingerprint density at radius 2 is 1.87 bits per heavy atom. The fourth-order valence-electron chi connectivity index (χ4n) is 4.17. The van der Waals surface area contributed by atoms with Gasteiger partial charge in [0.25, 0.3) is 5.91 Å². The second-order valence-corrected chi connectivity index (χ2v) is 9.24. The molecule has 1 saturated carbocycles. The van der Waals surface area contributed by atoms with Gasteiger partial charge in [-0.3, -0.25) is 9.59 Å². The molecule has 5 nitrogen and oxygen atoms in total. The first-order chi connectivity index (χ1) is 14.9. The van der Waals surface area contributed by atoms with Crippen LogP contribution in [0.25, 0.3) is 0 Å². The molecule has 2 aliphatic rings. The van der Waals surface area contributed by atoms with E-state index >= 15 is 0 Å². The number of carbonyl (C=O) groups excluding carboxylic acids is 2. The Kier molecular flexibility index (Phi) is 6.30. The van der Waals surface area contributed by atoms with Crippen molar-refractivity contribution in [2.24, 2.45) is 5.92 Å². The molecule has 1 heterocycles. The minimum Gasteiger partial charge on any atom is -0.484 e. The molecule has 1 unspecified atom stereocenters. The summed E-state index contributed by atoms with van der Waals surface area (Å²) in [5, 5.41) is 2.95. The Morgan fingerprint density at radius 1 is 1.13 bits per heavy atom. The van der Waals surface area contributed by atoms with Crippen molar-refractivity contribution in [1.29, 1.82) is 0 Å². The maximum absolute atomic E-state index is 13.1. The van der Waals surface area contributed by atoms with E-state index in [1.807, 2.05) is 17.0 Å². The SMILES string of the molecule is Cc1ccc(C2c3cc(OCC(=O)NC4CC4)ccc3CCN2C(=O)CC(C)C)cc1. The normalized spacial score (nSPS) is 17.9. The van der Waals surface area contributed by atoms with Crippen molar-refractivity contribution in [3.05, 3.63) is 64.7 Å². The molecule has 0 aromatic heterocycles. The molecule has 31 heavy (non-hydrogen) atoms. The van der Waals surface area contributed by atoms with E-state index in [2.05, 4.69) is 56.4 Å². The molecule has 5 heteroatoms. The fourth-order valence-corrected chi connectivity index (χ4v) is 4.17. The average Bonchev–Trinajstić information content (AvgIpc) is 3.55. The van der Waals surface area contributed by atoms with E-state index in [0.29, 0.717) is 30.7 Å². The second kappa shape index (κ2) is 9.13. The lowest BCUT2D eigenvalue weighted by Crippen LogP contribution is -2.41. The minimum absolute atomic E-state index is 0.0144. The number of nitrogens with one attached hydrogen (secondary N) is 1. The van der Waals surface area contributed by atoms with E-state index in [9.17, 15) is 9.59 Å². The van der Waals surface area contributed by atoms with Crippen LogP contribution in [0.2, 0.25) is 0 Å². The number of aryl methyl sites for hydroxylation is 1.